The molecule has 3 atom stereocenters. The Labute approximate surface area is 121 Å². The number of rotatable bonds is 4. The Kier molecular flexibility index (Phi) is 5.15. The lowest BCUT2D eigenvalue weighted by Crippen LogP contribution is -2.47. The van der Waals surface area contributed by atoms with Gasteiger partial charge in [-0.15, -0.1) is 0 Å². The van der Waals surface area contributed by atoms with Crippen molar-refractivity contribution in [2.45, 2.75) is 44.3 Å². The van der Waals surface area contributed by atoms with Gasteiger partial charge in [-0.05, 0) is 32.4 Å². The molecule has 1 aliphatic heterocycles. The molecular formula is C16H25N3O. The van der Waals surface area contributed by atoms with Gasteiger partial charge in [0.1, 0.15) is 0 Å². The third-order valence-corrected chi connectivity index (χ3v) is 4.21. The summed E-state index contributed by atoms with van der Waals surface area (Å²) in [4.78, 5) is 14.4. The van der Waals surface area contributed by atoms with Crippen LogP contribution in [0.25, 0.3) is 0 Å². The smallest absolute Gasteiger partial charge is 0.222 e. The molecule has 110 valence electrons. The van der Waals surface area contributed by atoms with E-state index in [0.29, 0.717) is 12.5 Å². The molecule has 1 fully saturated rings. The second-order valence-corrected chi connectivity index (χ2v) is 5.84. The van der Waals surface area contributed by atoms with Crippen LogP contribution in [0.3, 0.4) is 0 Å². The highest BCUT2D eigenvalue weighted by Crippen LogP contribution is 2.17. The van der Waals surface area contributed by atoms with Gasteiger partial charge in [0.2, 0.25) is 5.91 Å². The van der Waals surface area contributed by atoms with Crippen molar-refractivity contribution in [2.75, 3.05) is 13.6 Å². The second kappa shape index (κ2) is 6.86. The van der Waals surface area contributed by atoms with E-state index in [2.05, 4.69) is 24.2 Å². The molecule has 1 amide bonds. The van der Waals surface area contributed by atoms with Crippen LogP contribution in [0.2, 0.25) is 0 Å². The molecule has 3 unspecified atom stereocenters. The SMILES string of the molecule is CC1CC(NC(=O)CC(N)c2ccccc2)CCN1C. The molecule has 4 nitrogen and oxygen atoms in total. The van der Waals surface area contributed by atoms with Crippen LogP contribution in [0.5, 0.6) is 0 Å². The van der Waals surface area contributed by atoms with Gasteiger partial charge in [0, 0.05) is 31.1 Å². The molecular weight excluding hydrogens is 250 g/mol. The Morgan fingerprint density at radius 1 is 1.45 bits per heavy atom. The number of nitrogens with zero attached hydrogens (tertiary/aromatic N) is 1. The first-order valence-corrected chi connectivity index (χ1v) is 7.36. The van der Waals surface area contributed by atoms with Crippen LogP contribution >= 0.6 is 0 Å². The second-order valence-electron chi connectivity index (χ2n) is 5.84. The zero-order valence-corrected chi connectivity index (χ0v) is 12.4. The molecule has 0 aromatic heterocycles. The quantitative estimate of drug-likeness (QED) is 0.879. The Morgan fingerprint density at radius 3 is 2.80 bits per heavy atom. The zero-order chi connectivity index (χ0) is 14.5. The molecule has 0 spiro atoms. The number of likely N-dealkylation sites (tertiary alicyclic amines) is 1. The first-order valence-electron chi connectivity index (χ1n) is 7.36. The number of nitrogens with one attached hydrogen (secondary N) is 1. The van der Waals surface area contributed by atoms with Crippen molar-refractivity contribution in [1.82, 2.24) is 10.2 Å². The molecule has 3 N–H and O–H groups in total. The normalized spacial score (nSPS) is 25.1. The molecule has 1 aromatic rings. The topological polar surface area (TPSA) is 58.4 Å². The fraction of sp³-hybridized carbons (Fsp3) is 0.562. The highest BCUT2D eigenvalue weighted by molar-refractivity contribution is 5.77. The third kappa shape index (κ3) is 4.05. The fourth-order valence-electron chi connectivity index (χ4n) is 2.72. The molecule has 1 heterocycles. The predicted octanol–water partition coefficient (Wildman–Crippen LogP) is 1.68. The minimum absolute atomic E-state index is 0.0584. The number of benzene rings is 1. The van der Waals surface area contributed by atoms with Gasteiger partial charge >= 0.3 is 0 Å². The monoisotopic (exact) mass is 275 g/mol. The molecule has 1 aliphatic rings. The lowest BCUT2D eigenvalue weighted by molar-refractivity contribution is -0.122. The summed E-state index contributed by atoms with van der Waals surface area (Å²) in [6.07, 6.45) is 2.39. The standard InChI is InChI=1S/C16H25N3O/c1-12-10-14(8-9-19(12)2)18-16(20)11-15(17)13-6-4-3-5-7-13/h3-7,12,14-15H,8-11,17H2,1-2H3,(H,18,20). The number of amides is 1. The lowest BCUT2D eigenvalue weighted by atomic mass is 9.98. The van der Waals surface area contributed by atoms with Crippen LogP contribution in [0.15, 0.2) is 30.3 Å². The van der Waals surface area contributed by atoms with Crippen molar-refractivity contribution < 1.29 is 4.79 Å². The van der Waals surface area contributed by atoms with E-state index in [1.165, 1.54) is 0 Å². The maximum absolute atomic E-state index is 12.1. The van der Waals surface area contributed by atoms with Gasteiger partial charge in [0.15, 0.2) is 0 Å². The zero-order valence-electron chi connectivity index (χ0n) is 12.4. The van der Waals surface area contributed by atoms with Crippen molar-refractivity contribution in [3.63, 3.8) is 0 Å². The van der Waals surface area contributed by atoms with Crippen molar-refractivity contribution in [1.29, 1.82) is 0 Å². The van der Waals surface area contributed by atoms with E-state index in [0.717, 1.165) is 24.9 Å². The van der Waals surface area contributed by atoms with Gasteiger partial charge in [-0.25, -0.2) is 0 Å². The largest absolute Gasteiger partial charge is 0.353 e. The summed E-state index contributed by atoms with van der Waals surface area (Å²) in [5.41, 5.74) is 7.09. The summed E-state index contributed by atoms with van der Waals surface area (Å²) in [5.74, 6) is 0.0584. The maximum atomic E-state index is 12.1. The van der Waals surface area contributed by atoms with E-state index < -0.39 is 0 Å². The minimum atomic E-state index is -0.222. The number of carbonyl (C=O) groups excluding carboxylic acids is 1. The van der Waals surface area contributed by atoms with E-state index in [1.54, 1.807) is 0 Å². The van der Waals surface area contributed by atoms with Crippen LogP contribution in [-0.4, -0.2) is 36.5 Å². The highest BCUT2D eigenvalue weighted by atomic mass is 16.1. The number of hydrogen-bond acceptors (Lipinski definition) is 3. The molecule has 0 bridgehead atoms. The summed E-state index contributed by atoms with van der Waals surface area (Å²) < 4.78 is 0. The number of nitrogens with two attached hydrogens (primary N) is 1. The van der Waals surface area contributed by atoms with Gasteiger partial charge in [-0.2, -0.15) is 0 Å². The molecule has 0 aliphatic carbocycles. The Morgan fingerprint density at radius 2 is 2.15 bits per heavy atom. The molecule has 1 aromatic carbocycles. The number of carbonyl (C=O) groups is 1. The highest BCUT2D eigenvalue weighted by Gasteiger charge is 2.24. The Hall–Kier alpha value is -1.39. The van der Waals surface area contributed by atoms with Gasteiger partial charge in [0.25, 0.3) is 0 Å². The Balaban J connectivity index is 1.81. The first-order chi connectivity index (χ1) is 9.56. The minimum Gasteiger partial charge on any atom is -0.353 e. The fourth-order valence-corrected chi connectivity index (χ4v) is 2.72. The van der Waals surface area contributed by atoms with Gasteiger partial charge in [-0.1, -0.05) is 30.3 Å². The Bertz CT molecular complexity index is 435. The maximum Gasteiger partial charge on any atom is 0.222 e. The van der Waals surface area contributed by atoms with Crippen LogP contribution in [0, 0.1) is 0 Å². The van der Waals surface area contributed by atoms with E-state index in [-0.39, 0.29) is 18.0 Å². The summed E-state index contributed by atoms with van der Waals surface area (Å²) in [7, 11) is 2.13. The number of hydrogen-bond donors (Lipinski definition) is 2. The lowest BCUT2D eigenvalue weighted by Gasteiger charge is -2.35. The van der Waals surface area contributed by atoms with Crippen LogP contribution in [-0.2, 0) is 4.79 Å². The van der Waals surface area contributed by atoms with Crippen molar-refractivity contribution in [3.8, 4) is 0 Å². The summed E-state index contributed by atoms with van der Waals surface area (Å²) >= 11 is 0. The molecule has 2 rings (SSSR count). The number of piperidine rings is 1. The first kappa shape index (κ1) is 15.0. The van der Waals surface area contributed by atoms with Crippen molar-refractivity contribution in [3.05, 3.63) is 35.9 Å². The molecule has 20 heavy (non-hydrogen) atoms. The molecule has 1 saturated heterocycles. The summed E-state index contributed by atoms with van der Waals surface area (Å²) in [6.45, 7) is 3.24. The molecule has 4 heteroatoms. The van der Waals surface area contributed by atoms with E-state index >= 15 is 0 Å². The molecule has 0 saturated carbocycles. The third-order valence-electron chi connectivity index (χ3n) is 4.21. The summed E-state index contributed by atoms with van der Waals surface area (Å²) in [5, 5.41) is 3.12. The van der Waals surface area contributed by atoms with Gasteiger partial charge < -0.3 is 16.0 Å². The van der Waals surface area contributed by atoms with Crippen molar-refractivity contribution >= 4 is 5.91 Å². The van der Waals surface area contributed by atoms with Gasteiger partial charge in [-0.3, -0.25) is 4.79 Å². The predicted molar refractivity (Wildman–Crippen MR) is 81.2 cm³/mol. The van der Waals surface area contributed by atoms with Crippen molar-refractivity contribution in [2.24, 2.45) is 5.73 Å². The average molecular weight is 275 g/mol. The van der Waals surface area contributed by atoms with E-state index in [1.807, 2.05) is 30.3 Å². The molecule has 0 radical (unpaired) electrons. The van der Waals surface area contributed by atoms with Gasteiger partial charge in [0.05, 0.1) is 0 Å². The van der Waals surface area contributed by atoms with E-state index in [9.17, 15) is 4.79 Å². The average Bonchev–Trinajstić information content (AvgIpc) is 2.44. The van der Waals surface area contributed by atoms with Crippen LogP contribution < -0.4 is 11.1 Å². The van der Waals surface area contributed by atoms with E-state index in [4.69, 9.17) is 5.73 Å². The van der Waals surface area contributed by atoms with Crippen LogP contribution in [0.4, 0.5) is 0 Å². The van der Waals surface area contributed by atoms with Crippen LogP contribution in [0.1, 0.15) is 37.8 Å². The summed E-state index contributed by atoms with van der Waals surface area (Å²) in [6, 6.07) is 10.4.